The van der Waals surface area contributed by atoms with Gasteiger partial charge in [-0.2, -0.15) is 0 Å². The maximum atomic E-state index is 13.2. The molecule has 0 saturated heterocycles. The molecule has 2 aromatic carbocycles. The van der Waals surface area contributed by atoms with Gasteiger partial charge in [-0.25, -0.2) is 9.37 Å². The van der Waals surface area contributed by atoms with E-state index in [-0.39, 0.29) is 28.3 Å². The van der Waals surface area contributed by atoms with E-state index in [1.54, 1.807) is 36.4 Å². The van der Waals surface area contributed by atoms with Crippen LogP contribution in [0.2, 0.25) is 10.2 Å². The molecule has 1 heterocycles. The van der Waals surface area contributed by atoms with Crippen LogP contribution in [0.1, 0.15) is 16.1 Å². The number of hydrogen-bond acceptors (Lipinski definition) is 3. The molecule has 3 aromatic rings. The van der Waals surface area contributed by atoms with Gasteiger partial charge in [-0.1, -0.05) is 41.4 Å². The van der Waals surface area contributed by atoms with E-state index < -0.39 is 5.91 Å². The van der Waals surface area contributed by atoms with E-state index in [2.05, 4.69) is 10.3 Å². The van der Waals surface area contributed by atoms with Crippen molar-refractivity contribution in [3.63, 3.8) is 0 Å². The fraction of sp³-hybridized carbons (Fsp3) is 0.0526. The summed E-state index contributed by atoms with van der Waals surface area (Å²) in [5, 5.41) is 3.06. The van der Waals surface area contributed by atoms with Crippen molar-refractivity contribution in [1.82, 2.24) is 4.98 Å². The van der Waals surface area contributed by atoms with E-state index in [1.807, 2.05) is 0 Å². The quantitative estimate of drug-likeness (QED) is 0.596. The third kappa shape index (κ3) is 4.71. The van der Waals surface area contributed by atoms with E-state index >= 15 is 0 Å². The number of hydrogen-bond donors (Lipinski definition) is 1. The molecule has 26 heavy (non-hydrogen) atoms. The fourth-order valence-corrected chi connectivity index (χ4v) is 2.56. The van der Waals surface area contributed by atoms with Crippen LogP contribution in [0.25, 0.3) is 0 Å². The summed E-state index contributed by atoms with van der Waals surface area (Å²) < 4.78 is 18.8. The van der Waals surface area contributed by atoms with Gasteiger partial charge in [0, 0.05) is 11.8 Å². The summed E-state index contributed by atoms with van der Waals surface area (Å²) >= 11 is 11.8. The lowest BCUT2D eigenvalue weighted by atomic mass is 10.2. The maximum Gasteiger partial charge on any atom is 0.275 e. The van der Waals surface area contributed by atoms with E-state index in [1.165, 1.54) is 24.3 Å². The second-order valence-electron chi connectivity index (χ2n) is 5.36. The van der Waals surface area contributed by atoms with Gasteiger partial charge >= 0.3 is 0 Å². The maximum absolute atomic E-state index is 13.2. The number of pyridine rings is 1. The smallest absolute Gasteiger partial charge is 0.275 e. The first-order valence-corrected chi connectivity index (χ1v) is 8.37. The van der Waals surface area contributed by atoms with Crippen LogP contribution in [0.15, 0.2) is 60.7 Å². The Kier molecular flexibility index (Phi) is 5.71. The van der Waals surface area contributed by atoms with E-state index in [0.717, 1.165) is 0 Å². The second-order valence-corrected chi connectivity index (χ2v) is 6.16. The first-order chi connectivity index (χ1) is 12.5. The summed E-state index contributed by atoms with van der Waals surface area (Å²) in [7, 11) is 0. The monoisotopic (exact) mass is 390 g/mol. The number of amides is 1. The molecule has 1 aromatic heterocycles. The van der Waals surface area contributed by atoms with Crippen molar-refractivity contribution < 1.29 is 13.9 Å². The van der Waals surface area contributed by atoms with Gasteiger partial charge in [0.05, 0.1) is 5.02 Å². The number of rotatable bonds is 5. The van der Waals surface area contributed by atoms with Crippen LogP contribution in [0.4, 0.5) is 10.1 Å². The first kappa shape index (κ1) is 18.2. The first-order valence-electron chi connectivity index (χ1n) is 7.62. The third-order valence-corrected chi connectivity index (χ3v) is 3.93. The molecule has 0 atom stereocenters. The molecule has 132 valence electrons. The minimum absolute atomic E-state index is 0.0326. The van der Waals surface area contributed by atoms with Crippen LogP contribution in [-0.4, -0.2) is 10.9 Å². The summed E-state index contributed by atoms with van der Waals surface area (Å²) in [6.07, 6.45) is 0. The number of halogens is 3. The summed E-state index contributed by atoms with van der Waals surface area (Å²) in [4.78, 5) is 16.2. The van der Waals surface area contributed by atoms with Crippen molar-refractivity contribution in [2.24, 2.45) is 0 Å². The minimum atomic E-state index is -0.486. The zero-order valence-corrected chi connectivity index (χ0v) is 14.9. The molecule has 0 unspecified atom stereocenters. The van der Waals surface area contributed by atoms with Crippen LogP contribution in [0.5, 0.6) is 5.75 Å². The molecule has 1 N–H and O–H groups in total. The average molecular weight is 391 g/mol. The Hall–Kier alpha value is -2.63. The minimum Gasteiger partial charge on any atom is -0.489 e. The highest BCUT2D eigenvalue weighted by Crippen LogP contribution is 2.22. The average Bonchev–Trinajstić information content (AvgIpc) is 2.62. The zero-order valence-electron chi connectivity index (χ0n) is 13.4. The van der Waals surface area contributed by atoms with E-state index in [4.69, 9.17) is 27.9 Å². The highest BCUT2D eigenvalue weighted by atomic mass is 35.5. The van der Waals surface area contributed by atoms with Crippen molar-refractivity contribution in [2.45, 2.75) is 6.61 Å². The third-order valence-electron chi connectivity index (χ3n) is 3.41. The van der Waals surface area contributed by atoms with E-state index in [0.29, 0.717) is 17.0 Å². The summed E-state index contributed by atoms with van der Waals surface area (Å²) in [6.45, 7) is 0.205. The van der Waals surface area contributed by atoms with Crippen molar-refractivity contribution in [2.75, 3.05) is 5.32 Å². The number of nitrogens with one attached hydrogen (secondary N) is 1. The fourth-order valence-electron chi connectivity index (χ4n) is 2.22. The van der Waals surface area contributed by atoms with Crippen LogP contribution in [-0.2, 0) is 6.61 Å². The molecule has 0 radical (unpaired) electrons. The molecule has 0 fully saturated rings. The van der Waals surface area contributed by atoms with Gasteiger partial charge in [-0.15, -0.1) is 0 Å². The Morgan fingerprint density at radius 2 is 1.88 bits per heavy atom. The number of anilines is 1. The zero-order chi connectivity index (χ0) is 18.5. The van der Waals surface area contributed by atoms with Gasteiger partial charge in [0.25, 0.3) is 5.91 Å². The highest BCUT2D eigenvalue weighted by Gasteiger charge is 2.13. The van der Waals surface area contributed by atoms with Crippen molar-refractivity contribution in [3.8, 4) is 5.75 Å². The molecule has 0 spiro atoms. The SMILES string of the molecule is O=C(Nc1cccc(OCc2cccc(F)c2)c1)c1nc(Cl)ccc1Cl. The molecule has 0 aliphatic carbocycles. The highest BCUT2D eigenvalue weighted by molar-refractivity contribution is 6.35. The van der Waals surface area contributed by atoms with Crippen LogP contribution >= 0.6 is 23.2 Å². The van der Waals surface area contributed by atoms with Gasteiger partial charge < -0.3 is 10.1 Å². The van der Waals surface area contributed by atoms with Gasteiger partial charge in [0.2, 0.25) is 0 Å². The Morgan fingerprint density at radius 1 is 1.08 bits per heavy atom. The number of benzene rings is 2. The van der Waals surface area contributed by atoms with Crippen molar-refractivity contribution in [3.05, 3.63) is 87.9 Å². The molecule has 0 bridgehead atoms. The molecular weight excluding hydrogens is 378 g/mol. The Labute approximate surface area is 159 Å². The lowest BCUT2D eigenvalue weighted by Gasteiger charge is -2.10. The summed E-state index contributed by atoms with van der Waals surface area (Å²) in [5.41, 5.74) is 1.24. The van der Waals surface area contributed by atoms with Gasteiger partial charge in [-0.3, -0.25) is 4.79 Å². The molecule has 0 aliphatic heterocycles. The van der Waals surface area contributed by atoms with Crippen LogP contribution in [0.3, 0.4) is 0 Å². The predicted octanol–water partition coefficient (Wildman–Crippen LogP) is 5.36. The molecule has 4 nitrogen and oxygen atoms in total. The number of aromatic nitrogens is 1. The Balaban J connectivity index is 1.69. The second kappa shape index (κ2) is 8.17. The van der Waals surface area contributed by atoms with Crippen molar-refractivity contribution in [1.29, 1.82) is 0 Å². The number of ether oxygens (including phenoxy) is 1. The van der Waals surface area contributed by atoms with Gasteiger partial charge in [-0.05, 0) is 42.0 Å². The lowest BCUT2D eigenvalue weighted by molar-refractivity contribution is 0.102. The normalized spacial score (nSPS) is 10.4. The van der Waals surface area contributed by atoms with Gasteiger partial charge in [0.15, 0.2) is 0 Å². The Bertz CT molecular complexity index is 950. The van der Waals surface area contributed by atoms with Crippen molar-refractivity contribution >= 4 is 34.8 Å². The molecule has 0 saturated carbocycles. The predicted molar refractivity (Wildman–Crippen MR) is 99.4 cm³/mol. The summed E-state index contributed by atoms with van der Waals surface area (Å²) in [5.74, 6) is -0.282. The molecule has 0 aliphatic rings. The largest absolute Gasteiger partial charge is 0.489 e. The number of carbonyl (C=O) groups excluding carboxylic acids is 1. The summed E-state index contributed by atoms with van der Waals surface area (Å²) in [6, 6.07) is 16.0. The molecule has 7 heteroatoms. The Morgan fingerprint density at radius 3 is 2.69 bits per heavy atom. The van der Waals surface area contributed by atoms with Crippen LogP contribution < -0.4 is 10.1 Å². The number of nitrogens with zero attached hydrogens (tertiary/aromatic N) is 1. The molecular formula is C19H13Cl2FN2O2. The van der Waals surface area contributed by atoms with E-state index in [9.17, 15) is 9.18 Å². The number of carbonyl (C=O) groups is 1. The standard InChI is InChI=1S/C19H13Cl2FN2O2/c20-16-7-8-17(21)24-18(16)19(25)23-14-5-2-6-15(10-14)26-11-12-3-1-4-13(22)9-12/h1-10H,11H2,(H,23,25). The van der Waals surface area contributed by atoms with Gasteiger partial charge in [0.1, 0.15) is 29.0 Å². The van der Waals surface area contributed by atoms with Crippen LogP contribution in [0, 0.1) is 5.82 Å². The molecule has 3 rings (SSSR count). The topological polar surface area (TPSA) is 51.2 Å². The lowest BCUT2D eigenvalue weighted by Crippen LogP contribution is -2.14. The molecule has 1 amide bonds.